The van der Waals surface area contributed by atoms with Crippen molar-refractivity contribution in [3.05, 3.63) is 65.0 Å². The summed E-state index contributed by atoms with van der Waals surface area (Å²) in [5.41, 5.74) is 2.01. The summed E-state index contributed by atoms with van der Waals surface area (Å²) >= 11 is 0. The standard InChI is InChI=1S/C21H19N3O6/c1-27-20-14(10-25)6-8-18(23-20)29-12-16-4-3-5-17(22-16)13-30-19-9-7-15(11-26)21(24-19)28-2/h3-11H,12-13H2,1-2H3. The van der Waals surface area contributed by atoms with Gasteiger partial charge < -0.3 is 18.9 Å². The molecule has 0 amide bonds. The SMILES string of the molecule is COc1nc(OCc2cccc(COc3ccc(C=O)c(OC)n3)n2)ccc1C=O. The van der Waals surface area contributed by atoms with Gasteiger partial charge in [-0.25, -0.2) is 0 Å². The van der Waals surface area contributed by atoms with E-state index in [0.717, 1.165) is 0 Å². The molecule has 0 aromatic carbocycles. The lowest BCUT2D eigenvalue weighted by molar-refractivity contribution is 0.111. The Hall–Kier alpha value is -4.01. The van der Waals surface area contributed by atoms with E-state index in [1.54, 1.807) is 36.4 Å². The third-order valence-electron chi connectivity index (χ3n) is 3.97. The first-order valence-electron chi connectivity index (χ1n) is 8.87. The maximum Gasteiger partial charge on any atom is 0.227 e. The molecule has 0 spiro atoms. The van der Waals surface area contributed by atoms with Crippen LogP contribution in [0.2, 0.25) is 0 Å². The topological polar surface area (TPSA) is 110 Å². The molecule has 0 unspecified atom stereocenters. The Balaban J connectivity index is 1.62. The highest BCUT2D eigenvalue weighted by Gasteiger charge is 2.09. The fourth-order valence-corrected chi connectivity index (χ4v) is 2.52. The van der Waals surface area contributed by atoms with Crippen molar-refractivity contribution in [1.29, 1.82) is 0 Å². The van der Waals surface area contributed by atoms with Crippen molar-refractivity contribution in [2.75, 3.05) is 14.2 Å². The Kier molecular flexibility index (Phi) is 6.88. The average molecular weight is 409 g/mol. The fourth-order valence-electron chi connectivity index (χ4n) is 2.52. The van der Waals surface area contributed by atoms with Gasteiger partial charge in [0.2, 0.25) is 23.5 Å². The van der Waals surface area contributed by atoms with Gasteiger partial charge in [-0.2, -0.15) is 9.97 Å². The van der Waals surface area contributed by atoms with Crippen molar-refractivity contribution in [3.63, 3.8) is 0 Å². The van der Waals surface area contributed by atoms with E-state index in [1.807, 2.05) is 6.07 Å². The van der Waals surface area contributed by atoms with E-state index in [-0.39, 0.29) is 25.0 Å². The fraction of sp³-hybridized carbons (Fsp3) is 0.190. The molecule has 3 aromatic rings. The van der Waals surface area contributed by atoms with E-state index >= 15 is 0 Å². The van der Waals surface area contributed by atoms with Crippen molar-refractivity contribution in [2.24, 2.45) is 0 Å². The van der Waals surface area contributed by atoms with Crippen LogP contribution in [-0.4, -0.2) is 41.7 Å². The summed E-state index contributed by atoms with van der Waals surface area (Å²) in [6.45, 7) is 0.342. The summed E-state index contributed by atoms with van der Waals surface area (Å²) in [5, 5.41) is 0. The van der Waals surface area contributed by atoms with E-state index in [0.29, 0.717) is 46.8 Å². The van der Waals surface area contributed by atoms with Crippen molar-refractivity contribution in [3.8, 4) is 23.5 Å². The van der Waals surface area contributed by atoms with Crippen LogP contribution in [0.5, 0.6) is 23.5 Å². The van der Waals surface area contributed by atoms with Gasteiger partial charge in [0.05, 0.1) is 36.7 Å². The van der Waals surface area contributed by atoms with Gasteiger partial charge in [0.25, 0.3) is 0 Å². The van der Waals surface area contributed by atoms with Gasteiger partial charge in [-0.1, -0.05) is 6.07 Å². The third-order valence-corrected chi connectivity index (χ3v) is 3.97. The molecule has 0 aliphatic heterocycles. The number of ether oxygens (including phenoxy) is 4. The second-order valence-corrected chi connectivity index (χ2v) is 5.93. The molecule has 9 nitrogen and oxygen atoms in total. The monoisotopic (exact) mass is 409 g/mol. The number of aldehydes is 2. The lowest BCUT2D eigenvalue weighted by Gasteiger charge is -2.10. The minimum absolute atomic E-state index is 0.171. The van der Waals surface area contributed by atoms with Crippen molar-refractivity contribution in [2.45, 2.75) is 13.2 Å². The maximum atomic E-state index is 10.9. The van der Waals surface area contributed by atoms with Crippen molar-refractivity contribution in [1.82, 2.24) is 15.0 Å². The number of aromatic nitrogens is 3. The van der Waals surface area contributed by atoms with E-state index < -0.39 is 0 Å². The van der Waals surface area contributed by atoms with Gasteiger partial charge in [0.1, 0.15) is 13.2 Å². The number of methoxy groups -OCH3 is 2. The zero-order chi connectivity index (χ0) is 21.3. The molecule has 0 radical (unpaired) electrons. The zero-order valence-electron chi connectivity index (χ0n) is 16.4. The second kappa shape index (κ2) is 9.97. The molecule has 3 heterocycles. The predicted octanol–water partition coefficient (Wildman–Crippen LogP) is 2.67. The molecule has 0 saturated heterocycles. The molecule has 0 fully saturated rings. The zero-order valence-corrected chi connectivity index (χ0v) is 16.4. The Morgan fingerprint density at radius 3 is 1.57 bits per heavy atom. The van der Waals surface area contributed by atoms with Crippen LogP contribution in [-0.2, 0) is 13.2 Å². The molecule has 3 rings (SSSR count). The summed E-state index contributed by atoms with van der Waals surface area (Å²) < 4.78 is 21.4. The number of hydrogen-bond acceptors (Lipinski definition) is 9. The summed E-state index contributed by atoms with van der Waals surface area (Å²) in [7, 11) is 2.86. The first-order chi connectivity index (χ1) is 14.7. The number of carbonyl (C=O) groups excluding carboxylic acids is 2. The molecular weight excluding hydrogens is 390 g/mol. The van der Waals surface area contributed by atoms with Crippen LogP contribution in [0.3, 0.4) is 0 Å². The summed E-state index contributed by atoms with van der Waals surface area (Å²) in [5.74, 6) is 1.02. The smallest absolute Gasteiger partial charge is 0.227 e. The molecule has 0 atom stereocenters. The first kappa shape index (κ1) is 20.7. The normalized spacial score (nSPS) is 10.2. The van der Waals surface area contributed by atoms with E-state index in [9.17, 15) is 9.59 Å². The molecular formula is C21H19N3O6. The predicted molar refractivity (Wildman–Crippen MR) is 105 cm³/mol. The minimum atomic E-state index is 0.171. The number of carbonyl (C=O) groups is 2. The first-order valence-corrected chi connectivity index (χ1v) is 8.87. The quantitative estimate of drug-likeness (QED) is 0.467. The largest absolute Gasteiger partial charge is 0.480 e. The Morgan fingerprint density at radius 1 is 0.700 bits per heavy atom. The number of rotatable bonds is 10. The number of nitrogens with zero attached hydrogens (tertiary/aromatic N) is 3. The molecule has 3 aromatic heterocycles. The van der Waals surface area contributed by atoms with E-state index in [1.165, 1.54) is 14.2 Å². The Labute approximate surface area is 172 Å². The number of hydrogen-bond donors (Lipinski definition) is 0. The molecule has 0 aliphatic rings. The van der Waals surface area contributed by atoms with Gasteiger partial charge in [-0.05, 0) is 24.3 Å². The van der Waals surface area contributed by atoms with Gasteiger partial charge in [-0.15, -0.1) is 0 Å². The van der Waals surface area contributed by atoms with Crippen LogP contribution < -0.4 is 18.9 Å². The molecule has 154 valence electrons. The highest BCUT2D eigenvalue weighted by atomic mass is 16.5. The Morgan fingerprint density at radius 2 is 1.17 bits per heavy atom. The lowest BCUT2D eigenvalue weighted by Crippen LogP contribution is -2.05. The molecule has 0 bridgehead atoms. The van der Waals surface area contributed by atoms with Crippen molar-refractivity contribution < 1.29 is 28.5 Å². The third kappa shape index (κ3) is 5.07. The molecule has 0 aliphatic carbocycles. The van der Waals surface area contributed by atoms with Gasteiger partial charge >= 0.3 is 0 Å². The van der Waals surface area contributed by atoms with Gasteiger partial charge in [0.15, 0.2) is 12.6 Å². The summed E-state index contributed by atoms with van der Waals surface area (Å²) in [6, 6.07) is 11.8. The van der Waals surface area contributed by atoms with Gasteiger partial charge in [0, 0.05) is 12.1 Å². The van der Waals surface area contributed by atoms with Crippen LogP contribution >= 0.6 is 0 Å². The highest BCUT2D eigenvalue weighted by Crippen LogP contribution is 2.20. The minimum Gasteiger partial charge on any atom is -0.480 e. The molecule has 0 saturated carbocycles. The van der Waals surface area contributed by atoms with Gasteiger partial charge in [-0.3, -0.25) is 14.6 Å². The van der Waals surface area contributed by atoms with Crippen LogP contribution in [0.25, 0.3) is 0 Å². The summed E-state index contributed by atoms with van der Waals surface area (Å²) in [6.07, 6.45) is 1.33. The molecule has 0 N–H and O–H groups in total. The van der Waals surface area contributed by atoms with Crippen LogP contribution in [0.1, 0.15) is 32.1 Å². The van der Waals surface area contributed by atoms with Crippen LogP contribution in [0.4, 0.5) is 0 Å². The van der Waals surface area contributed by atoms with E-state index in [4.69, 9.17) is 18.9 Å². The Bertz CT molecular complexity index is 962. The summed E-state index contributed by atoms with van der Waals surface area (Å²) in [4.78, 5) is 34.6. The van der Waals surface area contributed by atoms with Crippen LogP contribution in [0, 0.1) is 0 Å². The average Bonchev–Trinajstić information content (AvgIpc) is 2.81. The number of pyridine rings is 3. The van der Waals surface area contributed by atoms with E-state index in [2.05, 4.69) is 15.0 Å². The lowest BCUT2D eigenvalue weighted by atomic mass is 10.3. The van der Waals surface area contributed by atoms with Crippen LogP contribution in [0.15, 0.2) is 42.5 Å². The maximum absolute atomic E-state index is 10.9. The molecule has 30 heavy (non-hydrogen) atoms. The van der Waals surface area contributed by atoms with Crippen molar-refractivity contribution >= 4 is 12.6 Å². The molecule has 9 heteroatoms. The second-order valence-electron chi connectivity index (χ2n) is 5.93. The highest BCUT2D eigenvalue weighted by molar-refractivity contribution is 5.78.